The van der Waals surface area contributed by atoms with Crippen molar-refractivity contribution < 1.29 is 4.79 Å². The summed E-state index contributed by atoms with van der Waals surface area (Å²) in [7, 11) is 0. The van der Waals surface area contributed by atoms with E-state index >= 15 is 0 Å². The lowest BCUT2D eigenvalue weighted by atomic mass is 9.94. The van der Waals surface area contributed by atoms with E-state index in [4.69, 9.17) is 5.73 Å². The Hall–Kier alpha value is -0.220. The monoisotopic (exact) mass is 258 g/mol. The van der Waals surface area contributed by atoms with Crippen molar-refractivity contribution in [3.05, 3.63) is 0 Å². The third-order valence-electron chi connectivity index (χ3n) is 3.46. The molecule has 0 saturated heterocycles. The van der Waals surface area contributed by atoms with Gasteiger partial charge in [0.15, 0.2) is 0 Å². The summed E-state index contributed by atoms with van der Waals surface area (Å²) in [6.07, 6.45) is 9.49. The number of hydrogen-bond acceptors (Lipinski definition) is 3. The Morgan fingerprint density at radius 3 is 2.82 bits per heavy atom. The first-order chi connectivity index (χ1) is 8.17. The lowest BCUT2D eigenvalue weighted by Crippen LogP contribution is -2.45. The molecule has 1 aliphatic carbocycles. The number of carbonyl (C=O) groups excluding carboxylic acids is 1. The van der Waals surface area contributed by atoms with E-state index in [1.807, 2.05) is 11.8 Å². The minimum Gasteiger partial charge on any atom is -0.352 e. The van der Waals surface area contributed by atoms with E-state index in [1.54, 1.807) is 0 Å². The van der Waals surface area contributed by atoms with Crippen LogP contribution in [0.25, 0.3) is 0 Å². The fraction of sp³-hybridized carbons (Fsp3) is 0.923. The van der Waals surface area contributed by atoms with E-state index < -0.39 is 0 Å². The standard InChI is InChI=1S/C13H26N2OS/c1-3-6-10(14)9-13(16)15-11-7-4-5-8-12(11)17-2/h10-12H,3-9,14H2,1-2H3,(H,15,16). The van der Waals surface area contributed by atoms with E-state index in [2.05, 4.69) is 18.5 Å². The van der Waals surface area contributed by atoms with Gasteiger partial charge in [0.05, 0.1) is 0 Å². The molecule has 0 aromatic heterocycles. The second kappa shape index (κ2) is 7.98. The highest BCUT2D eigenvalue weighted by atomic mass is 32.2. The predicted molar refractivity (Wildman–Crippen MR) is 75.2 cm³/mol. The van der Waals surface area contributed by atoms with Gasteiger partial charge in [-0.2, -0.15) is 11.8 Å². The summed E-state index contributed by atoms with van der Waals surface area (Å²) in [6, 6.07) is 0.386. The molecule has 0 spiro atoms. The summed E-state index contributed by atoms with van der Waals surface area (Å²) in [6.45, 7) is 2.10. The molecule has 1 fully saturated rings. The number of hydrogen-bond donors (Lipinski definition) is 2. The molecule has 1 amide bonds. The fourth-order valence-electron chi connectivity index (χ4n) is 2.52. The molecule has 0 bridgehead atoms. The lowest BCUT2D eigenvalue weighted by molar-refractivity contribution is -0.122. The zero-order chi connectivity index (χ0) is 12.7. The highest BCUT2D eigenvalue weighted by Crippen LogP contribution is 2.27. The van der Waals surface area contributed by atoms with Gasteiger partial charge in [-0.05, 0) is 25.5 Å². The normalized spacial score (nSPS) is 26.5. The van der Waals surface area contributed by atoms with Crippen LogP contribution in [0.15, 0.2) is 0 Å². The number of nitrogens with one attached hydrogen (secondary N) is 1. The summed E-state index contributed by atoms with van der Waals surface area (Å²) in [5.74, 6) is 0.136. The molecule has 0 radical (unpaired) electrons. The van der Waals surface area contributed by atoms with E-state index in [1.165, 1.54) is 19.3 Å². The molecule has 1 saturated carbocycles. The van der Waals surface area contributed by atoms with Crippen LogP contribution in [0.5, 0.6) is 0 Å². The van der Waals surface area contributed by atoms with E-state index in [0.29, 0.717) is 17.7 Å². The number of nitrogens with two attached hydrogens (primary N) is 1. The molecule has 100 valence electrons. The van der Waals surface area contributed by atoms with E-state index in [0.717, 1.165) is 19.3 Å². The Labute approximate surface area is 109 Å². The maximum Gasteiger partial charge on any atom is 0.221 e. The van der Waals surface area contributed by atoms with Crippen LogP contribution in [0, 0.1) is 0 Å². The minimum absolute atomic E-state index is 0.0244. The average Bonchev–Trinajstić information content (AvgIpc) is 2.29. The number of amides is 1. The van der Waals surface area contributed by atoms with Crippen LogP contribution in [-0.2, 0) is 4.79 Å². The van der Waals surface area contributed by atoms with Crippen molar-refractivity contribution >= 4 is 17.7 Å². The molecule has 3 N–H and O–H groups in total. The molecule has 0 aromatic carbocycles. The molecular weight excluding hydrogens is 232 g/mol. The Morgan fingerprint density at radius 1 is 1.47 bits per heavy atom. The summed E-state index contributed by atoms with van der Waals surface area (Å²) in [5.41, 5.74) is 5.89. The van der Waals surface area contributed by atoms with Crippen molar-refractivity contribution in [2.75, 3.05) is 6.26 Å². The summed E-state index contributed by atoms with van der Waals surface area (Å²) in [4.78, 5) is 11.9. The first kappa shape index (κ1) is 14.8. The maximum absolute atomic E-state index is 11.9. The zero-order valence-corrected chi connectivity index (χ0v) is 11.9. The topological polar surface area (TPSA) is 55.1 Å². The van der Waals surface area contributed by atoms with Crippen LogP contribution >= 0.6 is 11.8 Å². The molecule has 0 heterocycles. The summed E-state index contributed by atoms with van der Waals surface area (Å²) < 4.78 is 0. The van der Waals surface area contributed by atoms with Gasteiger partial charge in [-0.25, -0.2) is 0 Å². The summed E-state index contributed by atoms with van der Waals surface area (Å²) >= 11 is 1.88. The van der Waals surface area contributed by atoms with Crippen molar-refractivity contribution in [1.29, 1.82) is 0 Å². The molecule has 1 aliphatic rings. The quantitative estimate of drug-likeness (QED) is 0.768. The minimum atomic E-state index is 0.0244. The van der Waals surface area contributed by atoms with Gasteiger partial charge < -0.3 is 11.1 Å². The molecule has 3 atom stereocenters. The van der Waals surface area contributed by atoms with Gasteiger partial charge in [-0.3, -0.25) is 4.79 Å². The summed E-state index contributed by atoms with van der Waals surface area (Å²) in [5, 5.41) is 3.76. The van der Waals surface area contributed by atoms with E-state index in [-0.39, 0.29) is 11.9 Å². The van der Waals surface area contributed by atoms with Crippen molar-refractivity contribution in [3.8, 4) is 0 Å². The van der Waals surface area contributed by atoms with Gasteiger partial charge in [-0.1, -0.05) is 26.2 Å². The van der Waals surface area contributed by atoms with Gasteiger partial charge in [0.25, 0.3) is 0 Å². The van der Waals surface area contributed by atoms with Crippen molar-refractivity contribution in [2.45, 2.75) is 69.2 Å². The Kier molecular flexibility index (Phi) is 6.97. The average molecular weight is 258 g/mol. The van der Waals surface area contributed by atoms with Crippen LogP contribution in [0.4, 0.5) is 0 Å². The molecule has 1 rings (SSSR count). The Morgan fingerprint density at radius 2 is 2.18 bits per heavy atom. The van der Waals surface area contributed by atoms with Gasteiger partial charge in [0.2, 0.25) is 5.91 Å². The Balaban J connectivity index is 2.33. The third kappa shape index (κ3) is 5.30. The van der Waals surface area contributed by atoms with Crippen molar-refractivity contribution in [2.24, 2.45) is 5.73 Å². The number of rotatable bonds is 6. The molecule has 3 unspecified atom stereocenters. The molecule has 17 heavy (non-hydrogen) atoms. The number of thioether (sulfide) groups is 1. The van der Waals surface area contributed by atoms with Crippen LogP contribution < -0.4 is 11.1 Å². The van der Waals surface area contributed by atoms with Gasteiger partial charge in [0, 0.05) is 23.8 Å². The van der Waals surface area contributed by atoms with Crippen molar-refractivity contribution in [3.63, 3.8) is 0 Å². The smallest absolute Gasteiger partial charge is 0.221 e. The van der Waals surface area contributed by atoms with Gasteiger partial charge in [0.1, 0.15) is 0 Å². The van der Waals surface area contributed by atoms with Crippen LogP contribution in [0.2, 0.25) is 0 Å². The van der Waals surface area contributed by atoms with Crippen LogP contribution in [-0.4, -0.2) is 29.5 Å². The molecule has 0 aliphatic heterocycles. The number of carbonyl (C=O) groups is 1. The largest absolute Gasteiger partial charge is 0.352 e. The van der Waals surface area contributed by atoms with Crippen LogP contribution in [0.1, 0.15) is 51.9 Å². The predicted octanol–water partition coefficient (Wildman–Crippen LogP) is 2.29. The fourth-order valence-corrected chi connectivity index (χ4v) is 3.46. The zero-order valence-electron chi connectivity index (χ0n) is 11.1. The first-order valence-electron chi connectivity index (χ1n) is 6.75. The second-order valence-electron chi connectivity index (χ2n) is 4.99. The maximum atomic E-state index is 11.9. The molecule has 4 heteroatoms. The molecule has 3 nitrogen and oxygen atoms in total. The van der Waals surface area contributed by atoms with Crippen LogP contribution in [0.3, 0.4) is 0 Å². The molecular formula is C13H26N2OS. The first-order valence-corrected chi connectivity index (χ1v) is 8.03. The highest BCUT2D eigenvalue weighted by molar-refractivity contribution is 7.99. The molecule has 0 aromatic rings. The van der Waals surface area contributed by atoms with Gasteiger partial charge >= 0.3 is 0 Å². The Bertz CT molecular complexity index is 235. The highest BCUT2D eigenvalue weighted by Gasteiger charge is 2.25. The van der Waals surface area contributed by atoms with Gasteiger partial charge in [-0.15, -0.1) is 0 Å². The lowest BCUT2D eigenvalue weighted by Gasteiger charge is -2.31. The third-order valence-corrected chi connectivity index (χ3v) is 4.63. The second-order valence-corrected chi connectivity index (χ2v) is 6.06. The van der Waals surface area contributed by atoms with E-state index in [9.17, 15) is 4.79 Å². The van der Waals surface area contributed by atoms with Crippen molar-refractivity contribution in [1.82, 2.24) is 5.32 Å². The SMILES string of the molecule is CCCC(N)CC(=O)NC1CCCCC1SC.